The summed E-state index contributed by atoms with van der Waals surface area (Å²) in [7, 11) is 0. The fraction of sp³-hybridized carbons (Fsp3) is 0.200. The maximum atomic E-state index is 13.7. The summed E-state index contributed by atoms with van der Waals surface area (Å²) in [6.45, 7) is 0. The van der Waals surface area contributed by atoms with Crippen molar-refractivity contribution in [3.05, 3.63) is 75.7 Å². The highest BCUT2D eigenvalue weighted by Gasteiger charge is 2.46. The van der Waals surface area contributed by atoms with Crippen molar-refractivity contribution in [2.24, 2.45) is 0 Å². The lowest BCUT2D eigenvalue weighted by atomic mass is 9.97. The van der Waals surface area contributed by atoms with Crippen molar-refractivity contribution in [2.45, 2.75) is 24.7 Å². The molecule has 2 heterocycles. The van der Waals surface area contributed by atoms with Crippen molar-refractivity contribution < 1.29 is 22.4 Å². The summed E-state index contributed by atoms with van der Waals surface area (Å²) in [4.78, 5) is 12.6. The molecule has 0 aliphatic carbocycles. The average Bonchev–Trinajstić information content (AvgIpc) is 3.14. The maximum Gasteiger partial charge on any atom is 0.410 e. The van der Waals surface area contributed by atoms with E-state index in [-0.39, 0.29) is 23.0 Å². The second-order valence-corrected chi connectivity index (χ2v) is 7.80. The predicted molar refractivity (Wildman–Crippen MR) is 109 cm³/mol. The first kappa shape index (κ1) is 21.5. The molecule has 0 saturated carbocycles. The Balaban J connectivity index is 1.63. The van der Waals surface area contributed by atoms with E-state index in [2.05, 4.69) is 15.7 Å². The van der Waals surface area contributed by atoms with Gasteiger partial charge in [-0.05, 0) is 35.9 Å². The number of carbonyl (C=O) groups excluding carboxylic acids is 1. The normalized spacial score (nSPS) is 18.3. The van der Waals surface area contributed by atoms with Gasteiger partial charge < -0.3 is 10.6 Å². The number of benzene rings is 2. The second-order valence-electron chi connectivity index (χ2n) is 6.98. The van der Waals surface area contributed by atoms with Crippen LogP contribution in [0.2, 0.25) is 10.0 Å². The molecular formula is C20H14Cl2F4N4O. The molecule has 1 aliphatic heterocycles. The first-order chi connectivity index (χ1) is 14.6. The predicted octanol–water partition coefficient (Wildman–Crippen LogP) is 6.24. The number of hydrogen-bond acceptors (Lipinski definition) is 3. The molecule has 5 nitrogen and oxygen atoms in total. The highest BCUT2D eigenvalue weighted by Crippen LogP contribution is 2.43. The van der Waals surface area contributed by atoms with Gasteiger partial charge in [-0.1, -0.05) is 35.3 Å². The first-order valence-corrected chi connectivity index (χ1v) is 9.82. The Kier molecular flexibility index (Phi) is 5.57. The van der Waals surface area contributed by atoms with E-state index in [0.29, 0.717) is 16.3 Å². The Hall–Kier alpha value is -2.78. The lowest BCUT2D eigenvalue weighted by Crippen LogP contribution is -2.35. The highest BCUT2D eigenvalue weighted by molar-refractivity contribution is 6.42. The minimum Gasteiger partial charge on any atom is -0.363 e. The Labute approximate surface area is 184 Å². The molecule has 0 spiro atoms. The molecule has 162 valence electrons. The van der Waals surface area contributed by atoms with Gasteiger partial charge in [0.2, 0.25) is 0 Å². The number of alkyl halides is 3. The summed E-state index contributed by atoms with van der Waals surface area (Å²) in [5.41, 5.74) is 0.599. The van der Waals surface area contributed by atoms with Gasteiger partial charge in [0, 0.05) is 18.2 Å². The maximum absolute atomic E-state index is 13.7. The summed E-state index contributed by atoms with van der Waals surface area (Å²) in [5.74, 6) is -1.17. The SMILES string of the molecule is O=C(Nc1ccc(Cl)c(Cl)c1)c1cc2n(n1)[C@@H](C(F)(F)F)C[C@@H](c1ccc(F)cc1)N2. The topological polar surface area (TPSA) is 59.0 Å². The molecule has 1 aromatic heterocycles. The van der Waals surface area contributed by atoms with Crippen LogP contribution in [0, 0.1) is 5.82 Å². The van der Waals surface area contributed by atoms with Gasteiger partial charge in [-0.15, -0.1) is 0 Å². The zero-order valence-electron chi connectivity index (χ0n) is 15.6. The van der Waals surface area contributed by atoms with Crippen molar-refractivity contribution in [3.8, 4) is 0 Å². The van der Waals surface area contributed by atoms with E-state index in [1.54, 1.807) is 0 Å². The number of nitrogens with one attached hydrogen (secondary N) is 2. The van der Waals surface area contributed by atoms with Crippen LogP contribution in [0.3, 0.4) is 0 Å². The third kappa shape index (κ3) is 4.47. The standard InChI is InChI=1S/C20H14Cl2F4N4O/c21-13-6-5-12(7-14(13)22)27-19(31)16-9-18-28-15(10-1-3-11(23)4-2-10)8-17(20(24,25)26)30(18)29-16/h1-7,9,15,17,28H,8H2,(H,27,31)/t15-,17+/m0/s1. The molecule has 0 fully saturated rings. The molecule has 2 N–H and O–H groups in total. The van der Waals surface area contributed by atoms with Crippen molar-refractivity contribution >= 4 is 40.6 Å². The summed E-state index contributed by atoms with van der Waals surface area (Å²) in [6.07, 6.45) is -4.96. The van der Waals surface area contributed by atoms with E-state index in [4.69, 9.17) is 23.2 Å². The van der Waals surface area contributed by atoms with Crippen molar-refractivity contribution in [3.63, 3.8) is 0 Å². The fourth-order valence-corrected chi connectivity index (χ4v) is 3.67. The van der Waals surface area contributed by atoms with Crippen molar-refractivity contribution in [1.29, 1.82) is 0 Å². The van der Waals surface area contributed by atoms with Crippen LogP contribution in [0.1, 0.15) is 34.6 Å². The summed E-state index contributed by atoms with van der Waals surface area (Å²) in [5, 5.41) is 9.86. The number of halogens is 6. The van der Waals surface area contributed by atoms with Crippen LogP contribution in [0.25, 0.3) is 0 Å². The summed E-state index contributed by atoms with van der Waals surface area (Å²) < 4.78 is 55.2. The van der Waals surface area contributed by atoms with Crippen LogP contribution in [-0.4, -0.2) is 21.9 Å². The number of rotatable bonds is 3. The third-order valence-corrected chi connectivity index (χ3v) is 5.61. The van der Waals surface area contributed by atoms with Gasteiger partial charge >= 0.3 is 6.18 Å². The largest absolute Gasteiger partial charge is 0.410 e. The fourth-order valence-electron chi connectivity index (χ4n) is 3.37. The van der Waals surface area contributed by atoms with Gasteiger partial charge in [0.15, 0.2) is 11.7 Å². The molecule has 0 unspecified atom stereocenters. The van der Waals surface area contributed by atoms with E-state index in [1.807, 2.05) is 0 Å². The van der Waals surface area contributed by atoms with Gasteiger partial charge in [0.05, 0.1) is 16.1 Å². The quantitative estimate of drug-likeness (QED) is 0.443. The molecule has 0 radical (unpaired) electrons. The Morgan fingerprint density at radius 2 is 1.81 bits per heavy atom. The molecule has 2 aromatic carbocycles. The zero-order valence-corrected chi connectivity index (χ0v) is 17.1. The van der Waals surface area contributed by atoms with Crippen molar-refractivity contribution in [1.82, 2.24) is 9.78 Å². The smallest absolute Gasteiger partial charge is 0.363 e. The Bertz CT molecular complexity index is 1130. The van der Waals surface area contributed by atoms with E-state index in [1.165, 1.54) is 48.5 Å². The Morgan fingerprint density at radius 1 is 1.10 bits per heavy atom. The molecular weight excluding hydrogens is 459 g/mol. The van der Waals surface area contributed by atoms with Gasteiger partial charge in [0.1, 0.15) is 11.6 Å². The van der Waals surface area contributed by atoms with Crippen LogP contribution in [0.15, 0.2) is 48.5 Å². The third-order valence-electron chi connectivity index (χ3n) is 4.87. The molecule has 0 saturated heterocycles. The molecule has 1 aliphatic rings. The molecule has 1 amide bonds. The number of anilines is 2. The monoisotopic (exact) mass is 472 g/mol. The number of aromatic nitrogens is 2. The minimum absolute atomic E-state index is 0.0298. The zero-order chi connectivity index (χ0) is 22.3. The van der Waals surface area contributed by atoms with E-state index < -0.39 is 30.0 Å². The molecule has 4 rings (SSSR count). The molecule has 3 aromatic rings. The number of carbonyl (C=O) groups is 1. The number of amides is 1. The van der Waals surface area contributed by atoms with Crippen molar-refractivity contribution in [2.75, 3.05) is 10.6 Å². The lowest BCUT2D eigenvalue weighted by Gasteiger charge is -2.33. The minimum atomic E-state index is -4.60. The molecule has 11 heteroatoms. The first-order valence-electron chi connectivity index (χ1n) is 9.06. The molecule has 31 heavy (non-hydrogen) atoms. The van der Waals surface area contributed by atoms with Gasteiger partial charge in [-0.3, -0.25) is 4.79 Å². The van der Waals surface area contributed by atoms with Crippen LogP contribution >= 0.6 is 23.2 Å². The van der Waals surface area contributed by atoms with Crippen LogP contribution in [-0.2, 0) is 0 Å². The van der Waals surface area contributed by atoms with Gasteiger partial charge in [-0.2, -0.15) is 18.3 Å². The van der Waals surface area contributed by atoms with Crippen LogP contribution in [0.5, 0.6) is 0 Å². The van der Waals surface area contributed by atoms with Gasteiger partial charge in [-0.25, -0.2) is 9.07 Å². The summed E-state index contributed by atoms with van der Waals surface area (Å²) >= 11 is 11.8. The second kappa shape index (κ2) is 8.05. The van der Waals surface area contributed by atoms with Crippen LogP contribution < -0.4 is 10.6 Å². The van der Waals surface area contributed by atoms with Crippen LogP contribution in [0.4, 0.5) is 29.1 Å². The lowest BCUT2D eigenvalue weighted by molar-refractivity contribution is -0.173. The van der Waals surface area contributed by atoms with Gasteiger partial charge in [0.25, 0.3) is 5.91 Å². The Morgan fingerprint density at radius 3 is 2.45 bits per heavy atom. The van der Waals surface area contributed by atoms with E-state index in [9.17, 15) is 22.4 Å². The van der Waals surface area contributed by atoms with E-state index >= 15 is 0 Å². The summed E-state index contributed by atoms with van der Waals surface area (Å²) in [6, 6.07) is 8.15. The number of hydrogen-bond donors (Lipinski definition) is 2. The van der Waals surface area contributed by atoms with E-state index in [0.717, 1.165) is 4.68 Å². The average molecular weight is 473 g/mol. The number of fused-ring (bicyclic) bond motifs is 1. The number of nitrogens with zero attached hydrogens (tertiary/aromatic N) is 2. The molecule has 2 atom stereocenters. The highest BCUT2D eigenvalue weighted by atomic mass is 35.5. The molecule has 0 bridgehead atoms.